The zero-order chi connectivity index (χ0) is 5.86. The number of nitrogens with zero attached hydrogens (tertiary/aromatic N) is 1. The molecule has 1 atom stereocenters. The highest BCUT2D eigenvalue weighted by atomic mass is 127. The molecule has 0 aliphatic heterocycles. The van der Waals surface area contributed by atoms with E-state index in [1.54, 1.807) is 22.6 Å². The molecule has 4 nitrogen and oxygen atoms in total. The van der Waals surface area contributed by atoms with E-state index in [-0.39, 0.29) is 6.67 Å². The Bertz CT molecular complexity index is 50.2. The summed E-state index contributed by atoms with van der Waals surface area (Å²) in [6.07, 6.45) is 0. The van der Waals surface area contributed by atoms with E-state index >= 15 is 0 Å². The average molecular weight is 216 g/mol. The van der Waals surface area contributed by atoms with Gasteiger partial charge < -0.3 is 21.7 Å². The molecule has 0 aromatic heterocycles. The molecule has 0 rings (SSSR count). The van der Waals surface area contributed by atoms with Gasteiger partial charge in [0, 0.05) is 6.67 Å². The standard InChI is InChI=1S/C2H7IN3O/c3-2(5)6(7)1-4/h2H,1,4-5H2/q-1. The quantitative estimate of drug-likeness (QED) is 0.212. The van der Waals surface area contributed by atoms with Crippen LogP contribution >= 0.6 is 22.6 Å². The number of alkyl halides is 1. The van der Waals surface area contributed by atoms with Gasteiger partial charge in [-0.05, 0) is 22.6 Å². The Balaban J connectivity index is 3.14. The third kappa shape index (κ3) is 3.18. The molecule has 0 heterocycles. The molecule has 0 saturated heterocycles. The minimum Gasteiger partial charge on any atom is -0.783 e. The van der Waals surface area contributed by atoms with E-state index in [2.05, 4.69) is 0 Å². The van der Waals surface area contributed by atoms with Gasteiger partial charge in [0.2, 0.25) is 0 Å². The van der Waals surface area contributed by atoms with Crippen LogP contribution in [0.1, 0.15) is 0 Å². The van der Waals surface area contributed by atoms with E-state index in [9.17, 15) is 5.21 Å². The summed E-state index contributed by atoms with van der Waals surface area (Å²) in [4.78, 5) is 0. The number of rotatable bonds is 2. The fourth-order valence-corrected chi connectivity index (χ4v) is 0.328. The van der Waals surface area contributed by atoms with Crippen LogP contribution in [0.15, 0.2) is 0 Å². The van der Waals surface area contributed by atoms with E-state index < -0.39 is 4.17 Å². The maximum absolute atomic E-state index is 10.2. The van der Waals surface area contributed by atoms with Crippen molar-refractivity contribution in [3.05, 3.63) is 5.21 Å². The van der Waals surface area contributed by atoms with Gasteiger partial charge in [0.1, 0.15) is 4.17 Å². The fourth-order valence-electron chi connectivity index (χ4n) is 0.101. The molecule has 7 heavy (non-hydrogen) atoms. The molecular formula is C2H7IN3O-. The lowest BCUT2D eigenvalue weighted by Crippen LogP contribution is -2.36. The van der Waals surface area contributed by atoms with Crippen molar-refractivity contribution >= 4 is 22.6 Å². The lowest BCUT2D eigenvalue weighted by molar-refractivity contribution is 0.385. The highest BCUT2D eigenvalue weighted by Crippen LogP contribution is 1.94. The maximum atomic E-state index is 10.2. The normalized spacial score (nSPS) is 15.0. The first-order valence-corrected chi connectivity index (χ1v) is 2.96. The molecule has 0 amide bonds. The molecule has 0 aliphatic rings. The number of halogens is 1. The zero-order valence-corrected chi connectivity index (χ0v) is 5.83. The summed E-state index contributed by atoms with van der Waals surface area (Å²) in [5, 5.41) is 10.8. The predicted octanol–water partition coefficient (Wildman–Crippen LogP) is -0.620. The Morgan fingerprint density at radius 2 is 2.29 bits per heavy atom. The van der Waals surface area contributed by atoms with Crippen molar-refractivity contribution < 1.29 is 0 Å². The van der Waals surface area contributed by atoms with Gasteiger partial charge in [0.05, 0.1) is 0 Å². The van der Waals surface area contributed by atoms with Crippen molar-refractivity contribution in [2.24, 2.45) is 11.5 Å². The third-order valence-electron chi connectivity index (χ3n) is 0.455. The van der Waals surface area contributed by atoms with Crippen molar-refractivity contribution in [3.63, 3.8) is 0 Å². The van der Waals surface area contributed by atoms with Crippen molar-refractivity contribution in [2.45, 2.75) is 4.17 Å². The van der Waals surface area contributed by atoms with E-state index in [0.717, 1.165) is 0 Å². The summed E-state index contributed by atoms with van der Waals surface area (Å²) in [5.74, 6) is 0. The number of hydrogen-bond acceptors (Lipinski definition) is 4. The topological polar surface area (TPSA) is 78.3 Å². The molecule has 44 valence electrons. The second kappa shape index (κ2) is 3.56. The molecule has 0 spiro atoms. The molecule has 1 unspecified atom stereocenters. The van der Waals surface area contributed by atoms with Gasteiger partial charge in [0.25, 0.3) is 0 Å². The second-order valence-corrected chi connectivity index (χ2v) is 2.25. The summed E-state index contributed by atoms with van der Waals surface area (Å²) in [6, 6.07) is 0. The Morgan fingerprint density at radius 1 is 1.86 bits per heavy atom. The van der Waals surface area contributed by atoms with Gasteiger partial charge in [-0.3, -0.25) is 0 Å². The van der Waals surface area contributed by atoms with E-state index in [1.165, 1.54) is 0 Å². The third-order valence-corrected chi connectivity index (χ3v) is 1.08. The van der Waals surface area contributed by atoms with Crippen LogP contribution in [0.4, 0.5) is 0 Å². The number of nitrogens with two attached hydrogens (primary N) is 2. The molecule has 0 aliphatic carbocycles. The fraction of sp³-hybridized carbons (Fsp3) is 1.00. The van der Waals surface area contributed by atoms with Gasteiger partial charge >= 0.3 is 0 Å². The maximum Gasteiger partial charge on any atom is 0.100 e. The van der Waals surface area contributed by atoms with Crippen LogP contribution in [0.5, 0.6) is 0 Å². The summed E-state index contributed by atoms with van der Waals surface area (Å²) in [5.41, 5.74) is 9.97. The summed E-state index contributed by atoms with van der Waals surface area (Å²) in [6.45, 7) is -0.0376. The molecule has 0 bridgehead atoms. The zero-order valence-electron chi connectivity index (χ0n) is 3.67. The lowest BCUT2D eigenvalue weighted by Gasteiger charge is -2.28. The predicted molar refractivity (Wildman–Crippen MR) is 36.3 cm³/mol. The summed E-state index contributed by atoms with van der Waals surface area (Å²) in [7, 11) is 0. The van der Waals surface area contributed by atoms with E-state index in [1.807, 2.05) is 0 Å². The number of hydrogen-bond donors (Lipinski definition) is 2. The highest BCUT2D eigenvalue weighted by molar-refractivity contribution is 14.1. The van der Waals surface area contributed by atoms with Gasteiger partial charge in [-0.1, -0.05) is 0 Å². The summed E-state index contributed by atoms with van der Waals surface area (Å²) < 4.78 is -0.511. The first-order chi connectivity index (χ1) is 3.18. The first-order valence-electron chi connectivity index (χ1n) is 1.72. The van der Waals surface area contributed by atoms with Crippen LogP contribution in [0, 0.1) is 5.21 Å². The molecule has 0 aromatic carbocycles. The Morgan fingerprint density at radius 3 is 2.29 bits per heavy atom. The van der Waals surface area contributed by atoms with E-state index in [0.29, 0.717) is 5.06 Å². The van der Waals surface area contributed by atoms with Crippen molar-refractivity contribution in [1.29, 1.82) is 0 Å². The SMILES string of the molecule is NCN([O-])C(N)I. The first kappa shape index (κ1) is 7.57. The molecule has 0 radical (unpaired) electrons. The van der Waals surface area contributed by atoms with Crippen LogP contribution in [0.2, 0.25) is 0 Å². The Hall–Kier alpha value is 0.570. The molecule has 4 N–H and O–H groups in total. The number of hydroxylamine groups is 2. The van der Waals surface area contributed by atoms with E-state index in [4.69, 9.17) is 11.5 Å². The molecule has 0 saturated carbocycles. The smallest absolute Gasteiger partial charge is 0.100 e. The summed E-state index contributed by atoms with van der Waals surface area (Å²) >= 11 is 1.78. The molecule has 5 heteroatoms. The molecule has 0 fully saturated rings. The van der Waals surface area contributed by atoms with Crippen LogP contribution in [-0.4, -0.2) is 15.9 Å². The molecule has 0 aromatic rings. The lowest BCUT2D eigenvalue weighted by atomic mass is 11.0. The van der Waals surface area contributed by atoms with Crippen molar-refractivity contribution in [3.8, 4) is 0 Å². The average Bonchev–Trinajstić information content (AvgIpc) is 1.65. The van der Waals surface area contributed by atoms with Crippen LogP contribution in [0.25, 0.3) is 0 Å². The van der Waals surface area contributed by atoms with Gasteiger partial charge in [-0.15, -0.1) is 0 Å². The van der Waals surface area contributed by atoms with Crippen LogP contribution in [0.3, 0.4) is 0 Å². The van der Waals surface area contributed by atoms with Gasteiger partial charge in [0.15, 0.2) is 0 Å². The van der Waals surface area contributed by atoms with Crippen LogP contribution < -0.4 is 11.5 Å². The molecular weight excluding hydrogens is 209 g/mol. The Labute approximate surface area is 55.6 Å². The second-order valence-electron chi connectivity index (χ2n) is 0.972. The van der Waals surface area contributed by atoms with Gasteiger partial charge in [-0.25, -0.2) is 0 Å². The highest BCUT2D eigenvalue weighted by Gasteiger charge is 1.91. The van der Waals surface area contributed by atoms with Crippen LogP contribution in [-0.2, 0) is 0 Å². The van der Waals surface area contributed by atoms with Crippen molar-refractivity contribution in [2.75, 3.05) is 6.67 Å². The van der Waals surface area contributed by atoms with Crippen molar-refractivity contribution in [1.82, 2.24) is 5.06 Å². The monoisotopic (exact) mass is 216 g/mol. The van der Waals surface area contributed by atoms with Gasteiger partial charge in [-0.2, -0.15) is 0 Å². The Kier molecular flexibility index (Phi) is 3.85. The minimum absolute atomic E-state index is 0.0376. The minimum atomic E-state index is -0.511. The largest absolute Gasteiger partial charge is 0.783 e.